The Morgan fingerprint density at radius 1 is 1.31 bits per heavy atom. The number of hydrogen-bond acceptors (Lipinski definition) is 5. The molecule has 8 heteroatoms. The molecule has 2 atom stereocenters. The summed E-state index contributed by atoms with van der Waals surface area (Å²) in [5.41, 5.74) is 0.653. The molecule has 0 bridgehead atoms. The molecule has 0 unspecified atom stereocenters. The molecule has 2 amide bonds. The van der Waals surface area contributed by atoms with E-state index < -0.39 is 0 Å². The molecule has 136 valence electrons. The predicted molar refractivity (Wildman–Crippen MR) is 91.8 cm³/mol. The van der Waals surface area contributed by atoms with Crippen LogP contribution in [0, 0.1) is 12.8 Å². The van der Waals surface area contributed by atoms with Crippen molar-refractivity contribution in [2.75, 3.05) is 19.6 Å². The van der Waals surface area contributed by atoms with Crippen LogP contribution in [-0.2, 0) is 0 Å². The predicted octanol–water partition coefficient (Wildman–Crippen LogP) is 1.05. The van der Waals surface area contributed by atoms with E-state index in [2.05, 4.69) is 10.2 Å². The van der Waals surface area contributed by atoms with Crippen LogP contribution in [0.2, 0.25) is 0 Å². The van der Waals surface area contributed by atoms with Crippen molar-refractivity contribution in [2.24, 2.45) is 5.92 Å². The fourth-order valence-electron chi connectivity index (χ4n) is 3.95. The van der Waals surface area contributed by atoms with Gasteiger partial charge in [0.2, 0.25) is 5.43 Å². The van der Waals surface area contributed by atoms with Gasteiger partial charge in [0, 0.05) is 31.4 Å². The Balaban J connectivity index is 1.55. The number of likely N-dealkylation sites (tertiary alicyclic amines) is 2. The molecule has 4 heterocycles. The zero-order valence-corrected chi connectivity index (χ0v) is 14.5. The van der Waals surface area contributed by atoms with Crippen LogP contribution in [-0.4, -0.2) is 57.5 Å². The molecule has 2 aliphatic heterocycles. The number of hydrogen-bond donors (Lipinski definition) is 1. The van der Waals surface area contributed by atoms with Crippen molar-refractivity contribution in [3.8, 4) is 0 Å². The van der Waals surface area contributed by atoms with E-state index in [1.54, 1.807) is 17.9 Å². The lowest BCUT2D eigenvalue weighted by atomic mass is 9.91. The second-order valence-corrected chi connectivity index (χ2v) is 6.95. The number of furan rings is 1. The van der Waals surface area contributed by atoms with E-state index in [9.17, 15) is 14.4 Å². The van der Waals surface area contributed by atoms with E-state index in [0.717, 1.165) is 12.8 Å². The number of piperidine rings is 1. The first-order valence-corrected chi connectivity index (χ1v) is 8.73. The fraction of sp³-hybridized carbons (Fsp3) is 0.444. The van der Waals surface area contributed by atoms with Crippen molar-refractivity contribution in [1.29, 1.82) is 0 Å². The third-order valence-corrected chi connectivity index (χ3v) is 5.22. The van der Waals surface area contributed by atoms with E-state index in [0.29, 0.717) is 30.9 Å². The second-order valence-electron chi connectivity index (χ2n) is 6.95. The number of fused-ring (bicyclic) bond motifs is 1. The van der Waals surface area contributed by atoms with Crippen molar-refractivity contribution in [2.45, 2.75) is 25.8 Å². The molecular weight excluding hydrogens is 336 g/mol. The molecule has 1 N–H and O–H groups in total. The van der Waals surface area contributed by atoms with E-state index in [-0.39, 0.29) is 34.9 Å². The van der Waals surface area contributed by atoms with E-state index in [4.69, 9.17) is 4.42 Å². The van der Waals surface area contributed by atoms with Gasteiger partial charge in [-0.1, -0.05) is 0 Å². The minimum absolute atomic E-state index is 0.0420. The van der Waals surface area contributed by atoms with Gasteiger partial charge in [-0.05, 0) is 31.7 Å². The number of aromatic nitrogens is 2. The summed E-state index contributed by atoms with van der Waals surface area (Å²) in [6.07, 6.45) is 4.78. The molecule has 0 radical (unpaired) electrons. The Labute approximate surface area is 149 Å². The molecule has 4 rings (SSSR count). The number of amides is 2. The lowest BCUT2D eigenvalue weighted by molar-refractivity contribution is 0.0563. The highest BCUT2D eigenvalue weighted by Gasteiger charge is 2.43. The maximum Gasteiger partial charge on any atom is 0.278 e. The summed E-state index contributed by atoms with van der Waals surface area (Å²) in [6.45, 7) is 3.33. The lowest BCUT2D eigenvalue weighted by Crippen LogP contribution is -2.48. The van der Waals surface area contributed by atoms with Gasteiger partial charge in [-0.15, -0.1) is 0 Å². The number of aryl methyl sites for hydroxylation is 1. The average molecular weight is 356 g/mol. The highest BCUT2D eigenvalue weighted by Crippen LogP contribution is 2.32. The van der Waals surface area contributed by atoms with Crippen molar-refractivity contribution in [3.05, 3.63) is 51.8 Å². The molecule has 2 aromatic heterocycles. The molecule has 2 aromatic rings. The fourth-order valence-corrected chi connectivity index (χ4v) is 3.95. The van der Waals surface area contributed by atoms with Gasteiger partial charge in [0.15, 0.2) is 5.69 Å². The van der Waals surface area contributed by atoms with Gasteiger partial charge >= 0.3 is 0 Å². The number of nitrogens with zero attached hydrogens (tertiary/aromatic N) is 3. The quantitative estimate of drug-likeness (QED) is 0.867. The number of H-pyrrole nitrogens is 1. The smallest absolute Gasteiger partial charge is 0.278 e. The van der Waals surface area contributed by atoms with Gasteiger partial charge in [-0.3, -0.25) is 19.5 Å². The number of nitrogens with one attached hydrogen (secondary N) is 1. The van der Waals surface area contributed by atoms with Gasteiger partial charge in [-0.2, -0.15) is 5.10 Å². The van der Waals surface area contributed by atoms with Gasteiger partial charge < -0.3 is 14.2 Å². The minimum Gasteiger partial charge on any atom is -0.472 e. The highest BCUT2D eigenvalue weighted by atomic mass is 16.3. The van der Waals surface area contributed by atoms with Crippen LogP contribution in [0.15, 0.2) is 33.9 Å². The summed E-state index contributed by atoms with van der Waals surface area (Å²) in [4.78, 5) is 41.0. The molecule has 2 fully saturated rings. The van der Waals surface area contributed by atoms with E-state index >= 15 is 0 Å². The average Bonchev–Trinajstić information content (AvgIpc) is 3.29. The SMILES string of the molecule is Cc1cc(=O)c(C(=O)N2C[C@@H]3CCCN(C(=O)c4ccoc4)[C@@H]3C2)n[nH]1. The summed E-state index contributed by atoms with van der Waals surface area (Å²) in [5.74, 6) is -0.238. The van der Waals surface area contributed by atoms with Gasteiger partial charge in [0.25, 0.3) is 11.8 Å². The zero-order chi connectivity index (χ0) is 18.3. The van der Waals surface area contributed by atoms with Crippen molar-refractivity contribution >= 4 is 11.8 Å². The molecule has 26 heavy (non-hydrogen) atoms. The normalized spacial score (nSPS) is 22.3. The Morgan fingerprint density at radius 3 is 2.88 bits per heavy atom. The van der Waals surface area contributed by atoms with Crippen molar-refractivity contribution < 1.29 is 14.0 Å². The minimum atomic E-state index is -0.382. The van der Waals surface area contributed by atoms with Crippen LogP contribution in [0.4, 0.5) is 0 Å². The summed E-state index contributed by atoms with van der Waals surface area (Å²) in [6, 6.07) is 2.98. The van der Waals surface area contributed by atoms with Crippen LogP contribution >= 0.6 is 0 Å². The highest BCUT2D eigenvalue weighted by molar-refractivity contribution is 5.95. The molecule has 2 aliphatic rings. The van der Waals surface area contributed by atoms with Crippen LogP contribution in [0.3, 0.4) is 0 Å². The van der Waals surface area contributed by atoms with Gasteiger partial charge in [0.05, 0.1) is 17.9 Å². The number of carbonyl (C=O) groups is 2. The Kier molecular flexibility index (Phi) is 4.10. The summed E-state index contributed by atoms with van der Waals surface area (Å²) in [5, 5.41) is 6.59. The van der Waals surface area contributed by atoms with Crippen LogP contribution < -0.4 is 5.43 Å². The molecule has 0 aliphatic carbocycles. The molecular formula is C18H20N4O4. The monoisotopic (exact) mass is 356 g/mol. The lowest BCUT2D eigenvalue weighted by Gasteiger charge is -2.36. The second kappa shape index (κ2) is 6.44. The van der Waals surface area contributed by atoms with E-state index in [1.165, 1.54) is 18.6 Å². The Morgan fingerprint density at radius 2 is 2.15 bits per heavy atom. The zero-order valence-electron chi connectivity index (χ0n) is 14.5. The molecule has 8 nitrogen and oxygen atoms in total. The van der Waals surface area contributed by atoms with Crippen LogP contribution in [0.1, 0.15) is 39.4 Å². The molecule has 0 saturated carbocycles. The Bertz CT molecular complexity index is 889. The maximum atomic E-state index is 12.8. The van der Waals surface area contributed by atoms with Crippen LogP contribution in [0.25, 0.3) is 0 Å². The summed E-state index contributed by atoms with van der Waals surface area (Å²) in [7, 11) is 0. The standard InChI is InChI=1S/C18H20N4O4/c1-11-7-15(23)16(20-19-11)18(25)21-8-12-3-2-5-22(14(12)9-21)17(24)13-4-6-26-10-13/h4,6-7,10,12,14H,2-3,5,8-9H2,1H3,(H,19,23)/t12-,14+/m0/s1. The largest absolute Gasteiger partial charge is 0.472 e. The number of carbonyl (C=O) groups excluding carboxylic acids is 2. The maximum absolute atomic E-state index is 12.8. The van der Waals surface area contributed by atoms with Crippen molar-refractivity contribution in [1.82, 2.24) is 20.0 Å². The van der Waals surface area contributed by atoms with Gasteiger partial charge in [0.1, 0.15) is 6.26 Å². The van der Waals surface area contributed by atoms with Crippen molar-refractivity contribution in [3.63, 3.8) is 0 Å². The Hall–Kier alpha value is -2.90. The molecule has 2 saturated heterocycles. The van der Waals surface area contributed by atoms with E-state index in [1.807, 2.05) is 4.90 Å². The van der Waals surface area contributed by atoms with Crippen LogP contribution in [0.5, 0.6) is 0 Å². The first-order chi connectivity index (χ1) is 12.5. The summed E-state index contributed by atoms with van der Waals surface area (Å²) >= 11 is 0. The summed E-state index contributed by atoms with van der Waals surface area (Å²) < 4.78 is 5.02. The topological polar surface area (TPSA) is 99.5 Å². The third kappa shape index (κ3) is 2.81. The third-order valence-electron chi connectivity index (χ3n) is 5.22. The first kappa shape index (κ1) is 16.6. The first-order valence-electron chi connectivity index (χ1n) is 8.73. The molecule has 0 spiro atoms. The number of aromatic amines is 1. The molecule has 0 aromatic carbocycles. The number of rotatable bonds is 2. The van der Waals surface area contributed by atoms with Gasteiger partial charge in [-0.25, -0.2) is 0 Å².